The maximum absolute atomic E-state index is 12.5. The Morgan fingerprint density at radius 2 is 1.90 bits per heavy atom. The van der Waals surface area contributed by atoms with Crippen LogP contribution >= 0.6 is 39.5 Å². The first-order valence-electron chi connectivity index (χ1n) is 9.82. The van der Waals surface area contributed by atoms with Crippen molar-refractivity contribution < 1.29 is 4.79 Å². The lowest BCUT2D eigenvalue weighted by atomic mass is 10.1. The summed E-state index contributed by atoms with van der Waals surface area (Å²) in [7, 11) is 0. The quantitative estimate of drug-likeness (QED) is 0.264. The van der Waals surface area contributed by atoms with Crippen molar-refractivity contribution in [1.29, 1.82) is 0 Å². The van der Waals surface area contributed by atoms with Gasteiger partial charge in [0.2, 0.25) is 5.91 Å². The van der Waals surface area contributed by atoms with E-state index < -0.39 is 0 Å². The lowest BCUT2D eigenvalue weighted by molar-refractivity contribution is -0.113. The summed E-state index contributed by atoms with van der Waals surface area (Å²) in [5, 5.41) is 12.4. The fourth-order valence-corrected chi connectivity index (χ4v) is 5.12. The highest BCUT2D eigenvalue weighted by molar-refractivity contribution is 9.10. The molecule has 1 N–H and O–H groups in total. The van der Waals surface area contributed by atoms with Gasteiger partial charge in [0.15, 0.2) is 5.16 Å². The molecular weight excluding hydrogens is 492 g/mol. The Morgan fingerprint density at radius 3 is 2.65 bits per heavy atom. The molecule has 31 heavy (non-hydrogen) atoms. The zero-order chi connectivity index (χ0) is 22.2. The molecule has 1 heterocycles. The van der Waals surface area contributed by atoms with E-state index in [1.807, 2.05) is 54.8 Å². The smallest absolute Gasteiger partial charge is 0.234 e. The van der Waals surface area contributed by atoms with E-state index in [9.17, 15) is 4.79 Å². The van der Waals surface area contributed by atoms with Crippen molar-refractivity contribution in [3.05, 3.63) is 82.1 Å². The molecule has 0 unspecified atom stereocenters. The van der Waals surface area contributed by atoms with E-state index in [4.69, 9.17) is 0 Å². The maximum atomic E-state index is 12.5. The highest BCUT2D eigenvalue weighted by Gasteiger charge is 2.14. The van der Waals surface area contributed by atoms with Crippen LogP contribution < -0.4 is 5.32 Å². The molecule has 8 heteroatoms. The predicted molar refractivity (Wildman–Crippen MR) is 135 cm³/mol. The van der Waals surface area contributed by atoms with E-state index in [-0.39, 0.29) is 11.7 Å². The van der Waals surface area contributed by atoms with Crippen molar-refractivity contribution in [3.8, 4) is 0 Å². The summed E-state index contributed by atoms with van der Waals surface area (Å²) in [6.45, 7) is 8.53. The van der Waals surface area contributed by atoms with Gasteiger partial charge in [0.25, 0.3) is 0 Å². The second kappa shape index (κ2) is 11.5. The average molecular weight is 518 g/mol. The van der Waals surface area contributed by atoms with Crippen molar-refractivity contribution in [2.75, 3.05) is 11.1 Å². The highest BCUT2D eigenvalue weighted by atomic mass is 79.9. The van der Waals surface area contributed by atoms with Crippen molar-refractivity contribution in [3.63, 3.8) is 0 Å². The highest BCUT2D eigenvalue weighted by Crippen LogP contribution is 2.27. The van der Waals surface area contributed by atoms with Crippen molar-refractivity contribution >= 4 is 51.0 Å². The number of rotatable bonds is 10. The van der Waals surface area contributed by atoms with Gasteiger partial charge in [0.1, 0.15) is 5.82 Å². The standard InChI is InChI=1S/C23H25BrN4OS2/c1-4-10-28-21(14-30-13-18-8-6-5-7-9-18)26-27-23(28)31-15-22(29)25-20-12-17(3)16(2)11-19(20)24/h4-9,11-12H,1,10,13-15H2,2-3H3,(H,25,29). The van der Waals surface area contributed by atoms with Crippen LogP contribution in [-0.4, -0.2) is 26.4 Å². The molecule has 3 rings (SSSR count). The molecule has 1 amide bonds. The van der Waals surface area contributed by atoms with E-state index in [0.717, 1.165) is 38.2 Å². The first-order valence-corrected chi connectivity index (χ1v) is 12.7. The number of benzene rings is 2. The molecule has 0 aliphatic heterocycles. The van der Waals surface area contributed by atoms with Crippen LogP contribution in [0.3, 0.4) is 0 Å². The summed E-state index contributed by atoms with van der Waals surface area (Å²) in [6, 6.07) is 14.3. The zero-order valence-electron chi connectivity index (χ0n) is 17.6. The van der Waals surface area contributed by atoms with Crippen LogP contribution in [0.5, 0.6) is 0 Å². The minimum Gasteiger partial charge on any atom is -0.324 e. The zero-order valence-corrected chi connectivity index (χ0v) is 20.8. The number of aromatic nitrogens is 3. The third-order valence-corrected chi connectivity index (χ3v) is 7.26. The molecule has 0 fully saturated rings. The molecule has 0 aliphatic carbocycles. The van der Waals surface area contributed by atoms with Crippen LogP contribution in [0.15, 0.2) is 64.7 Å². The van der Waals surface area contributed by atoms with Gasteiger partial charge in [-0.15, -0.1) is 28.5 Å². The number of amides is 1. The second-order valence-corrected chi connectivity index (χ2v) is 9.81. The van der Waals surface area contributed by atoms with Crippen LogP contribution in [0.4, 0.5) is 5.69 Å². The van der Waals surface area contributed by atoms with Crippen LogP contribution in [-0.2, 0) is 22.8 Å². The van der Waals surface area contributed by atoms with Gasteiger partial charge in [-0.05, 0) is 58.6 Å². The average Bonchev–Trinajstić information content (AvgIpc) is 3.13. The Labute approximate surface area is 200 Å². The van der Waals surface area contributed by atoms with Gasteiger partial charge < -0.3 is 9.88 Å². The first kappa shape index (κ1) is 23.6. The number of carbonyl (C=O) groups excluding carboxylic acids is 1. The third-order valence-electron chi connectivity index (χ3n) is 4.64. The van der Waals surface area contributed by atoms with Gasteiger partial charge in [0.05, 0.1) is 17.2 Å². The number of nitrogens with zero attached hydrogens (tertiary/aromatic N) is 3. The van der Waals surface area contributed by atoms with E-state index >= 15 is 0 Å². The fourth-order valence-electron chi connectivity index (χ4n) is 2.87. The molecule has 0 saturated heterocycles. The number of nitrogens with one attached hydrogen (secondary N) is 1. The lowest BCUT2D eigenvalue weighted by Gasteiger charge is -2.11. The number of halogens is 1. The van der Waals surface area contributed by atoms with Gasteiger partial charge in [0, 0.05) is 16.8 Å². The molecular formula is C23H25BrN4OS2. The Morgan fingerprint density at radius 1 is 1.16 bits per heavy atom. The summed E-state index contributed by atoms with van der Waals surface area (Å²) in [4.78, 5) is 12.5. The van der Waals surface area contributed by atoms with Crippen LogP contribution in [0.2, 0.25) is 0 Å². The van der Waals surface area contributed by atoms with Gasteiger partial charge >= 0.3 is 0 Å². The Kier molecular flexibility index (Phi) is 8.80. The number of carbonyl (C=O) groups is 1. The SMILES string of the molecule is C=CCn1c(CSCc2ccccc2)nnc1SCC(=O)Nc1cc(C)c(C)cc1Br. The first-order chi connectivity index (χ1) is 15.0. The largest absolute Gasteiger partial charge is 0.324 e. The molecule has 3 aromatic rings. The Bertz CT molecular complexity index is 1050. The molecule has 0 spiro atoms. The third kappa shape index (κ3) is 6.72. The van der Waals surface area contributed by atoms with Gasteiger partial charge in [-0.3, -0.25) is 4.79 Å². The molecule has 0 saturated carbocycles. The van der Waals surface area contributed by atoms with E-state index in [2.05, 4.69) is 50.2 Å². The number of anilines is 1. The summed E-state index contributed by atoms with van der Waals surface area (Å²) in [6.07, 6.45) is 1.82. The van der Waals surface area contributed by atoms with Crippen LogP contribution in [0, 0.1) is 13.8 Å². The van der Waals surface area contributed by atoms with Gasteiger partial charge in [-0.25, -0.2) is 0 Å². The van der Waals surface area contributed by atoms with E-state index in [1.165, 1.54) is 22.9 Å². The predicted octanol–water partition coefficient (Wildman–Crippen LogP) is 6.01. The molecule has 162 valence electrons. The number of thioether (sulfide) groups is 2. The molecule has 1 aromatic heterocycles. The molecule has 0 bridgehead atoms. The monoisotopic (exact) mass is 516 g/mol. The van der Waals surface area contributed by atoms with Crippen LogP contribution in [0.25, 0.3) is 0 Å². The summed E-state index contributed by atoms with van der Waals surface area (Å²) in [5.41, 5.74) is 4.37. The van der Waals surface area contributed by atoms with Crippen molar-refractivity contribution in [2.24, 2.45) is 0 Å². The number of hydrogen-bond acceptors (Lipinski definition) is 5. The minimum absolute atomic E-state index is 0.0814. The number of aryl methyl sites for hydroxylation is 2. The molecule has 0 atom stereocenters. The van der Waals surface area contributed by atoms with Crippen molar-refractivity contribution in [1.82, 2.24) is 14.8 Å². The van der Waals surface area contributed by atoms with Crippen molar-refractivity contribution in [2.45, 2.75) is 37.1 Å². The summed E-state index contributed by atoms with van der Waals surface area (Å²) in [5.74, 6) is 2.73. The molecule has 2 aromatic carbocycles. The summed E-state index contributed by atoms with van der Waals surface area (Å²) < 4.78 is 2.90. The number of hydrogen-bond donors (Lipinski definition) is 1. The maximum Gasteiger partial charge on any atom is 0.234 e. The van der Waals surface area contributed by atoms with Gasteiger partial charge in [-0.2, -0.15) is 0 Å². The Hall–Kier alpha value is -2.03. The fraction of sp³-hybridized carbons (Fsp3) is 0.261. The topological polar surface area (TPSA) is 59.8 Å². The Balaban J connectivity index is 1.58. The molecule has 0 aliphatic rings. The van der Waals surface area contributed by atoms with Crippen LogP contribution in [0.1, 0.15) is 22.5 Å². The molecule has 5 nitrogen and oxygen atoms in total. The molecule has 0 radical (unpaired) electrons. The minimum atomic E-state index is -0.0814. The van der Waals surface area contributed by atoms with E-state index in [1.54, 1.807) is 11.8 Å². The van der Waals surface area contributed by atoms with E-state index in [0.29, 0.717) is 6.54 Å². The summed E-state index contributed by atoms with van der Waals surface area (Å²) >= 11 is 6.70. The number of allylic oxidation sites excluding steroid dienone is 1. The second-order valence-electron chi connectivity index (χ2n) is 7.03. The lowest BCUT2D eigenvalue weighted by Crippen LogP contribution is -2.15. The normalized spacial score (nSPS) is 10.8. The van der Waals surface area contributed by atoms with Gasteiger partial charge in [-0.1, -0.05) is 48.2 Å².